The van der Waals surface area contributed by atoms with E-state index in [9.17, 15) is 4.79 Å². The van der Waals surface area contributed by atoms with Gasteiger partial charge in [0.05, 0.1) is 20.2 Å². The van der Waals surface area contributed by atoms with Crippen molar-refractivity contribution >= 4 is 51.8 Å². The third-order valence-corrected chi connectivity index (χ3v) is 4.32. The van der Waals surface area contributed by atoms with Crippen molar-refractivity contribution in [3.8, 4) is 5.75 Å². The Bertz CT molecular complexity index is 595. The molecule has 0 bridgehead atoms. The summed E-state index contributed by atoms with van der Waals surface area (Å²) in [6, 6.07) is 5.84. The van der Waals surface area contributed by atoms with Crippen LogP contribution in [0.4, 0.5) is 0 Å². The number of hydrogen-bond donors (Lipinski definition) is 1. The van der Waals surface area contributed by atoms with Crippen molar-refractivity contribution < 1.29 is 9.53 Å². The van der Waals surface area contributed by atoms with Crippen LogP contribution >= 0.6 is 39.9 Å². The SMILES string of the molecule is CCNC(=NCc1cc(Br)ccc1OC)N(C)CC(=O)N(CC)CC.I. The molecule has 0 spiro atoms. The molecule has 1 aromatic rings. The number of likely N-dealkylation sites (N-methyl/N-ethyl adjacent to an activating group) is 2. The fourth-order valence-corrected chi connectivity index (χ4v) is 2.86. The third-order valence-electron chi connectivity index (χ3n) is 3.83. The second-order valence-corrected chi connectivity index (χ2v) is 6.46. The Labute approximate surface area is 182 Å². The molecule has 0 heterocycles. The smallest absolute Gasteiger partial charge is 0.242 e. The van der Waals surface area contributed by atoms with Crippen LogP contribution in [-0.2, 0) is 11.3 Å². The summed E-state index contributed by atoms with van der Waals surface area (Å²) in [4.78, 5) is 20.6. The summed E-state index contributed by atoms with van der Waals surface area (Å²) in [5.41, 5.74) is 0.982. The van der Waals surface area contributed by atoms with Crippen LogP contribution < -0.4 is 10.1 Å². The van der Waals surface area contributed by atoms with Gasteiger partial charge in [-0.15, -0.1) is 24.0 Å². The predicted octanol–water partition coefficient (Wildman–Crippen LogP) is 3.34. The third kappa shape index (κ3) is 7.69. The minimum absolute atomic E-state index is 0. The van der Waals surface area contributed by atoms with Crippen molar-refractivity contribution in [3.05, 3.63) is 28.2 Å². The number of nitrogens with zero attached hydrogens (tertiary/aromatic N) is 3. The summed E-state index contributed by atoms with van der Waals surface area (Å²) in [5, 5.41) is 3.24. The van der Waals surface area contributed by atoms with E-state index in [1.165, 1.54) is 0 Å². The number of amides is 1. The molecule has 0 atom stereocenters. The minimum atomic E-state index is 0. The van der Waals surface area contributed by atoms with Crippen molar-refractivity contribution in [3.63, 3.8) is 0 Å². The van der Waals surface area contributed by atoms with Crippen LogP contribution in [0.15, 0.2) is 27.7 Å². The molecule has 0 unspecified atom stereocenters. The molecular formula is C18H30BrIN4O2. The lowest BCUT2D eigenvalue weighted by Gasteiger charge is -2.25. The number of halogens is 2. The molecule has 0 saturated heterocycles. The van der Waals surface area contributed by atoms with E-state index in [-0.39, 0.29) is 29.9 Å². The number of carbonyl (C=O) groups excluding carboxylic acids is 1. The maximum Gasteiger partial charge on any atom is 0.242 e. The van der Waals surface area contributed by atoms with E-state index in [0.717, 1.165) is 22.3 Å². The summed E-state index contributed by atoms with van der Waals surface area (Å²) >= 11 is 3.48. The van der Waals surface area contributed by atoms with E-state index in [1.54, 1.807) is 7.11 Å². The fourth-order valence-electron chi connectivity index (χ4n) is 2.45. The Morgan fingerprint density at radius 2 is 1.92 bits per heavy atom. The normalized spacial score (nSPS) is 10.8. The first-order valence-corrected chi connectivity index (χ1v) is 9.35. The van der Waals surface area contributed by atoms with E-state index in [0.29, 0.717) is 32.1 Å². The van der Waals surface area contributed by atoms with E-state index in [2.05, 4.69) is 26.2 Å². The van der Waals surface area contributed by atoms with E-state index in [4.69, 9.17) is 4.74 Å². The highest BCUT2D eigenvalue weighted by atomic mass is 127. The molecule has 1 rings (SSSR count). The second-order valence-electron chi connectivity index (χ2n) is 5.55. The van der Waals surface area contributed by atoms with Gasteiger partial charge < -0.3 is 19.9 Å². The van der Waals surface area contributed by atoms with Crippen LogP contribution in [0.2, 0.25) is 0 Å². The minimum Gasteiger partial charge on any atom is -0.496 e. The van der Waals surface area contributed by atoms with Gasteiger partial charge in [-0.05, 0) is 39.0 Å². The zero-order valence-electron chi connectivity index (χ0n) is 16.2. The molecule has 1 N–H and O–H groups in total. The van der Waals surface area contributed by atoms with Crippen molar-refractivity contribution in [2.75, 3.05) is 40.3 Å². The van der Waals surface area contributed by atoms with Gasteiger partial charge in [0.25, 0.3) is 0 Å². The molecule has 0 aliphatic carbocycles. The lowest BCUT2D eigenvalue weighted by atomic mass is 10.2. The molecule has 0 saturated carbocycles. The highest BCUT2D eigenvalue weighted by Gasteiger charge is 2.15. The van der Waals surface area contributed by atoms with Gasteiger partial charge in [0, 0.05) is 36.7 Å². The maximum absolute atomic E-state index is 12.3. The molecule has 0 fully saturated rings. The van der Waals surface area contributed by atoms with Gasteiger partial charge in [0.2, 0.25) is 5.91 Å². The first-order valence-electron chi connectivity index (χ1n) is 8.56. The summed E-state index contributed by atoms with van der Waals surface area (Å²) in [6.45, 7) is 8.91. The molecule has 1 amide bonds. The quantitative estimate of drug-likeness (QED) is 0.312. The monoisotopic (exact) mass is 540 g/mol. The largest absolute Gasteiger partial charge is 0.496 e. The van der Waals surface area contributed by atoms with Crippen LogP contribution in [0.5, 0.6) is 5.75 Å². The molecule has 8 heteroatoms. The predicted molar refractivity (Wildman–Crippen MR) is 121 cm³/mol. The number of ether oxygens (including phenoxy) is 1. The van der Waals surface area contributed by atoms with Crippen LogP contribution in [0.25, 0.3) is 0 Å². The first-order chi connectivity index (χ1) is 12.0. The molecule has 0 aromatic heterocycles. The van der Waals surface area contributed by atoms with Gasteiger partial charge in [-0.1, -0.05) is 15.9 Å². The van der Waals surface area contributed by atoms with Crippen LogP contribution in [0, 0.1) is 0 Å². The zero-order valence-corrected chi connectivity index (χ0v) is 20.1. The molecule has 0 aliphatic heterocycles. The van der Waals surface area contributed by atoms with E-state index >= 15 is 0 Å². The molecule has 6 nitrogen and oxygen atoms in total. The van der Waals surface area contributed by atoms with Gasteiger partial charge in [-0.25, -0.2) is 4.99 Å². The number of nitrogens with one attached hydrogen (secondary N) is 1. The Balaban J connectivity index is 0.00000625. The van der Waals surface area contributed by atoms with Crippen molar-refractivity contribution in [2.45, 2.75) is 27.3 Å². The zero-order chi connectivity index (χ0) is 18.8. The molecule has 1 aromatic carbocycles. The Hall–Kier alpha value is -1.03. The lowest BCUT2D eigenvalue weighted by molar-refractivity contribution is -0.131. The van der Waals surface area contributed by atoms with Crippen molar-refractivity contribution in [1.29, 1.82) is 0 Å². The van der Waals surface area contributed by atoms with Gasteiger partial charge in [0.15, 0.2) is 5.96 Å². The van der Waals surface area contributed by atoms with Gasteiger partial charge in [-0.3, -0.25) is 4.79 Å². The van der Waals surface area contributed by atoms with Crippen LogP contribution in [0.1, 0.15) is 26.3 Å². The highest BCUT2D eigenvalue weighted by molar-refractivity contribution is 14.0. The molecule has 0 radical (unpaired) electrons. The number of methoxy groups -OCH3 is 1. The van der Waals surface area contributed by atoms with E-state index in [1.807, 2.05) is 55.8 Å². The number of hydrogen-bond acceptors (Lipinski definition) is 3. The Morgan fingerprint density at radius 3 is 2.46 bits per heavy atom. The molecule has 26 heavy (non-hydrogen) atoms. The standard InChI is InChI=1S/C18H29BrN4O2.HI/c1-6-20-18(22(4)13-17(24)23(7-2)8-3)21-12-14-11-15(19)9-10-16(14)25-5;/h9-11H,6-8,12-13H2,1-5H3,(H,20,21);1H. The summed E-state index contributed by atoms with van der Waals surface area (Å²) in [7, 11) is 3.53. The van der Waals surface area contributed by atoms with E-state index < -0.39 is 0 Å². The fraction of sp³-hybridized carbons (Fsp3) is 0.556. The lowest BCUT2D eigenvalue weighted by Crippen LogP contribution is -2.45. The first kappa shape index (κ1) is 25.0. The Kier molecular flexibility index (Phi) is 12.7. The van der Waals surface area contributed by atoms with Gasteiger partial charge in [-0.2, -0.15) is 0 Å². The average Bonchev–Trinajstić information content (AvgIpc) is 2.59. The molecular weight excluding hydrogens is 511 g/mol. The van der Waals surface area contributed by atoms with Crippen molar-refractivity contribution in [1.82, 2.24) is 15.1 Å². The molecule has 148 valence electrons. The topological polar surface area (TPSA) is 57.2 Å². The number of rotatable bonds is 8. The summed E-state index contributed by atoms with van der Waals surface area (Å²) in [5.74, 6) is 1.59. The maximum atomic E-state index is 12.3. The molecule has 0 aliphatic rings. The second kappa shape index (κ2) is 13.2. The summed E-state index contributed by atoms with van der Waals surface area (Å²) in [6.07, 6.45) is 0. The average molecular weight is 541 g/mol. The van der Waals surface area contributed by atoms with Gasteiger partial charge in [0.1, 0.15) is 5.75 Å². The summed E-state index contributed by atoms with van der Waals surface area (Å²) < 4.78 is 6.37. The number of carbonyl (C=O) groups is 1. The Morgan fingerprint density at radius 1 is 1.27 bits per heavy atom. The van der Waals surface area contributed by atoms with Crippen molar-refractivity contribution in [2.24, 2.45) is 4.99 Å². The van der Waals surface area contributed by atoms with Crippen LogP contribution in [0.3, 0.4) is 0 Å². The number of aliphatic imine (C=N–C) groups is 1. The number of benzene rings is 1. The van der Waals surface area contributed by atoms with Crippen LogP contribution in [-0.4, -0.2) is 62.0 Å². The highest BCUT2D eigenvalue weighted by Crippen LogP contribution is 2.23. The van der Waals surface area contributed by atoms with Gasteiger partial charge >= 0.3 is 0 Å². The number of guanidine groups is 1.